The number of anilines is 2. The molecule has 0 amide bonds. The monoisotopic (exact) mass is 468 g/mol. The molecule has 5 nitrogen and oxygen atoms in total. The largest absolute Gasteiger partial charge is 0.504 e. The van der Waals surface area contributed by atoms with Gasteiger partial charge in [-0.05, 0) is 58.7 Å². The normalized spacial score (nSPS) is 19.7. The molecular formula is C30H32N2O3. The minimum atomic E-state index is -0.354. The van der Waals surface area contributed by atoms with Crippen molar-refractivity contribution in [2.45, 2.75) is 51.0 Å². The molecule has 3 aromatic rings. The van der Waals surface area contributed by atoms with Crippen molar-refractivity contribution in [3.05, 3.63) is 94.7 Å². The molecular weight excluding hydrogens is 436 g/mol. The number of Topliss-reactive ketones (excluding diaryl/α,β-unsaturated/α-hetero) is 1. The smallest absolute Gasteiger partial charge is 0.163 e. The van der Waals surface area contributed by atoms with Crippen LogP contribution in [-0.4, -0.2) is 18.0 Å². The van der Waals surface area contributed by atoms with E-state index in [0.29, 0.717) is 12.2 Å². The van der Waals surface area contributed by atoms with E-state index >= 15 is 0 Å². The van der Waals surface area contributed by atoms with Gasteiger partial charge in [-0.1, -0.05) is 63.2 Å². The second-order valence-electron chi connectivity index (χ2n) is 10.5. The Morgan fingerprint density at radius 1 is 0.914 bits per heavy atom. The first-order valence-electron chi connectivity index (χ1n) is 12.1. The van der Waals surface area contributed by atoms with Crippen LogP contribution in [-0.2, 0) is 10.2 Å². The van der Waals surface area contributed by atoms with Crippen LogP contribution in [0, 0.1) is 0 Å². The van der Waals surface area contributed by atoms with Crippen molar-refractivity contribution in [3.8, 4) is 11.5 Å². The number of phenols is 1. The number of aromatic hydroxyl groups is 1. The summed E-state index contributed by atoms with van der Waals surface area (Å²) in [5, 5.41) is 17.3. The number of para-hydroxylation sites is 2. The predicted octanol–water partition coefficient (Wildman–Crippen LogP) is 6.68. The third-order valence-corrected chi connectivity index (χ3v) is 7.09. The van der Waals surface area contributed by atoms with Crippen LogP contribution in [0.5, 0.6) is 11.5 Å². The van der Waals surface area contributed by atoms with Crippen molar-refractivity contribution in [1.29, 1.82) is 0 Å². The summed E-state index contributed by atoms with van der Waals surface area (Å²) in [7, 11) is 1.53. The second kappa shape index (κ2) is 8.81. The summed E-state index contributed by atoms with van der Waals surface area (Å²) in [4.78, 5) is 13.7. The van der Waals surface area contributed by atoms with E-state index in [1.165, 1.54) is 18.2 Å². The molecule has 5 heteroatoms. The zero-order valence-electron chi connectivity index (χ0n) is 20.7. The summed E-state index contributed by atoms with van der Waals surface area (Å²) in [6.45, 7) is 6.63. The lowest BCUT2D eigenvalue weighted by Gasteiger charge is -2.30. The Morgan fingerprint density at radius 2 is 1.60 bits per heavy atom. The zero-order chi connectivity index (χ0) is 24.7. The maximum atomic E-state index is 13.7. The first-order valence-corrected chi connectivity index (χ1v) is 12.1. The third-order valence-electron chi connectivity index (χ3n) is 7.09. The summed E-state index contributed by atoms with van der Waals surface area (Å²) in [6, 6.07) is 21.6. The highest BCUT2D eigenvalue weighted by atomic mass is 16.5. The van der Waals surface area contributed by atoms with Gasteiger partial charge >= 0.3 is 0 Å². The van der Waals surface area contributed by atoms with Gasteiger partial charge in [0.25, 0.3) is 0 Å². The molecule has 0 spiro atoms. The van der Waals surface area contributed by atoms with Crippen LogP contribution >= 0.6 is 0 Å². The van der Waals surface area contributed by atoms with E-state index in [9.17, 15) is 9.90 Å². The first kappa shape index (κ1) is 23.0. The highest BCUT2D eigenvalue weighted by molar-refractivity contribution is 6.01. The van der Waals surface area contributed by atoms with E-state index in [4.69, 9.17) is 4.74 Å². The summed E-state index contributed by atoms with van der Waals surface area (Å²) >= 11 is 0. The van der Waals surface area contributed by atoms with Crippen LogP contribution in [0.4, 0.5) is 11.4 Å². The van der Waals surface area contributed by atoms with Crippen LogP contribution in [0.1, 0.15) is 62.3 Å². The summed E-state index contributed by atoms with van der Waals surface area (Å²) in [5.74, 6) is 0.701. The fourth-order valence-electron chi connectivity index (χ4n) is 5.11. The van der Waals surface area contributed by atoms with Crippen molar-refractivity contribution in [2.24, 2.45) is 0 Å². The Hall–Kier alpha value is -3.73. The van der Waals surface area contributed by atoms with Crippen molar-refractivity contribution in [2.75, 3.05) is 17.7 Å². The molecule has 5 rings (SSSR count). The number of rotatable bonds is 3. The molecule has 1 aliphatic heterocycles. The molecule has 180 valence electrons. The van der Waals surface area contributed by atoms with E-state index in [0.717, 1.165) is 34.6 Å². The Kier molecular flexibility index (Phi) is 5.79. The molecule has 1 aliphatic carbocycles. The molecule has 2 unspecified atom stereocenters. The van der Waals surface area contributed by atoms with E-state index in [1.54, 1.807) is 12.1 Å². The summed E-state index contributed by atoms with van der Waals surface area (Å²) in [6.07, 6.45) is 1.21. The lowest BCUT2D eigenvalue weighted by molar-refractivity contribution is -0.116. The lowest BCUT2D eigenvalue weighted by atomic mass is 9.77. The number of methoxy groups -OCH3 is 1. The fraction of sp³-hybridized carbons (Fsp3) is 0.300. The first-order chi connectivity index (χ1) is 16.7. The van der Waals surface area contributed by atoms with Crippen LogP contribution in [0.3, 0.4) is 0 Å². The van der Waals surface area contributed by atoms with Crippen molar-refractivity contribution in [3.63, 3.8) is 0 Å². The number of allylic oxidation sites excluding steroid dienone is 1. The van der Waals surface area contributed by atoms with Crippen molar-refractivity contribution < 1.29 is 14.6 Å². The van der Waals surface area contributed by atoms with Crippen LogP contribution in [0.25, 0.3) is 0 Å². The zero-order valence-corrected chi connectivity index (χ0v) is 20.7. The second-order valence-corrected chi connectivity index (χ2v) is 10.5. The fourth-order valence-corrected chi connectivity index (χ4v) is 5.11. The molecule has 3 aromatic carbocycles. The number of hydrogen-bond acceptors (Lipinski definition) is 5. The quantitative estimate of drug-likeness (QED) is 0.400. The van der Waals surface area contributed by atoms with E-state index in [1.807, 2.05) is 30.3 Å². The molecule has 0 radical (unpaired) electrons. The molecule has 3 N–H and O–H groups in total. The predicted molar refractivity (Wildman–Crippen MR) is 140 cm³/mol. The standard InChI is InChI=1S/C30H32N2O3/c1-30(2,3)21-12-9-18(10-13-21)20-15-24-28(26(34)16-20)29(19-11-14-25(33)27(17-19)35-4)32-23-8-6-5-7-22(23)31-24/h5-14,17,20,29,31-33H,15-16H2,1-4H3. The minimum absolute atomic E-state index is 0.0753. The van der Waals surface area contributed by atoms with Crippen LogP contribution in [0.2, 0.25) is 0 Å². The highest BCUT2D eigenvalue weighted by Crippen LogP contribution is 2.45. The number of nitrogens with one attached hydrogen (secondary N) is 2. The third kappa shape index (κ3) is 4.39. The average molecular weight is 469 g/mol. The van der Waals surface area contributed by atoms with E-state index < -0.39 is 0 Å². The molecule has 0 aromatic heterocycles. The summed E-state index contributed by atoms with van der Waals surface area (Å²) < 4.78 is 5.35. The van der Waals surface area contributed by atoms with Gasteiger partial charge in [0.1, 0.15) is 0 Å². The van der Waals surface area contributed by atoms with Gasteiger partial charge in [0.2, 0.25) is 0 Å². The Labute approximate surface area is 206 Å². The van der Waals surface area contributed by atoms with Gasteiger partial charge in [-0.3, -0.25) is 4.79 Å². The molecule has 0 bridgehead atoms. The number of carbonyl (C=O) groups excluding carboxylic acids is 1. The SMILES string of the molecule is COc1cc(C2Nc3ccccc3NC3=C2C(=O)CC(c2ccc(C(C)(C)C)cc2)C3)ccc1O. The number of carbonyl (C=O) groups is 1. The molecule has 35 heavy (non-hydrogen) atoms. The maximum absolute atomic E-state index is 13.7. The van der Waals surface area contributed by atoms with Gasteiger partial charge < -0.3 is 20.5 Å². The van der Waals surface area contributed by atoms with Gasteiger partial charge in [-0.25, -0.2) is 0 Å². The van der Waals surface area contributed by atoms with E-state index in [2.05, 4.69) is 55.7 Å². The number of ether oxygens (including phenoxy) is 1. The van der Waals surface area contributed by atoms with Gasteiger partial charge in [-0.2, -0.15) is 0 Å². The number of benzene rings is 3. The van der Waals surface area contributed by atoms with Gasteiger partial charge in [0.15, 0.2) is 17.3 Å². The highest BCUT2D eigenvalue weighted by Gasteiger charge is 2.36. The Balaban J connectivity index is 1.56. The molecule has 0 saturated carbocycles. The molecule has 2 atom stereocenters. The number of ketones is 1. The molecule has 1 heterocycles. The van der Waals surface area contributed by atoms with E-state index in [-0.39, 0.29) is 28.9 Å². The van der Waals surface area contributed by atoms with Crippen LogP contribution in [0.15, 0.2) is 78.0 Å². The van der Waals surface area contributed by atoms with Gasteiger partial charge in [0.05, 0.1) is 24.5 Å². The minimum Gasteiger partial charge on any atom is -0.504 e. The molecule has 2 aliphatic rings. The molecule has 0 saturated heterocycles. The molecule has 0 fully saturated rings. The van der Waals surface area contributed by atoms with Crippen LogP contribution < -0.4 is 15.4 Å². The number of fused-ring (bicyclic) bond motifs is 1. The Morgan fingerprint density at radius 3 is 2.29 bits per heavy atom. The van der Waals surface area contributed by atoms with Gasteiger partial charge in [0, 0.05) is 17.7 Å². The van der Waals surface area contributed by atoms with Crippen molar-refractivity contribution in [1.82, 2.24) is 0 Å². The lowest BCUT2D eigenvalue weighted by Crippen LogP contribution is -2.27. The summed E-state index contributed by atoms with van der Waals surface area (Å²) in [5.41, 5.74) is 7.00. The van der Waals surface area contributed by atoms with Crippen molar-refractivity contribution >= 4 is 17.2 Å². The van der Waals surface area contributed by atoms with Gasteiger partial charge in [-0.15, -0.1) is 0 Å². The average Bonchev–Trinajstić information content (AvgIpc) is 3.01. The maximum Gasteiger partial charge on any atom is 0.163 e. The number of hydrogen-bond donors (Lipinski definition) is 3. The number of phenolic OH excluding ortho intramolecular Hbond substituents is 1. The topological polar surface area (TPSA) is 70.6 Å². The Bertz CT molecular complexity index is 1300.